The van der Waals surface area contributed by atoms with E-state index in [9.17, 15) is 4.79 Å². The summed E-state index contributed by atoms with van der Waals surface area (Å²) >= 11 is 6.11. The summed E-state index contributed by atoms with van der Waals surface area (Å²) in [6, 6.07) is 12.9. The average Bonchev–Trinajstić information content (AvgIpc) is 2.53. The van der Waals surface area contributed by atoms with E-state index in [0.717, 1.165) is 24.8 Å². The summed E-state index contributed by atoms with van der Waals surface area (Å²) in [5, 5.41) is 3.66. The number of nitrogens with one attached hydrogen (secondary N) is 1. The second-order valence-corrected chi connectivity index (χ2v) is 6.41. The van der Waals surface area contributed by atoms with Crippen LogP contribution in [0.25, 0.3) is 0 Å². The van der Waals surface area contributed by atoms with E-state index in [0.29, 0.717) is 22.2 Å². The van der Waals surface area contributed by atoms with Crippen molar-refractivity contribution in [2.75, 3.05) is 19.5 Å². The number of methoxy groups -OCH3 is 2. The summed E-state index contributed by atoms with van der Waals surface area (Å²) < 4.78 is 10.5. The van der Waals surface area contributed by atoms with Gasteiger partial charge in [0, 0.05) is 16.8 Å². The number of rotatable bonds is 5. The molecule has 1 fully saturated rings. The zero-order valence-corrected chi connectivity index (χ0v) is 14.5. The predicted molar refractivity (Wildman–Crippen MR) is 95.2 cm³/mol. The van der Waals surface area contributed by atoms with Crippen LogP contribution < -0.4 is 14.8 Å². The molecule has 3 rings (SSSR count). The van der Waals surface area contributed by atoms with Crippen molar-refractivity contribution in [3.05, 3.63) is 53.1 Å². The van der Waals surface area contributed by atoms with Gasteiger partial charge in [-0.15, -0.1) is 0 Å². The SMILES string of the molecule is COc1ccc(NC(=O)C2(c3cccc(Cl)c3)CCC2)cc1OC. The third-order valence-electron chi connectivity index (χ3n) is 4.66. The second-order valence-electron chi connectivity index (χ2n) is 5.97. The Morgan fingerprint density at radius 1 is 1.08 bits per heavy atom. The molecule has 0 unspecified atom stereocenters. The van der Waals surface area contributed by atoms with E-state index >= 15 is 0 Å². The maximum Gasteiger partial charge on any atom is 0.235 e. The molecule has 1 N–H and O–H groups in total. The van der Waals surface area contributed by atoms with E-state index in [1.54, 1.807) is 26.4 Å². The summed E-state index contributed by atoms with van der Waals surface area (Å²) in [6.45, 7) is 0. The van der Waals surface area contributed by atoms with Gasteiger partial charge in [0.15, 0.2) is 11.5 Å². The molecule has 24 heavy (non-hydrogen) atoms. The highest BCUT2D eigenvalue weighted by atomic mass is 35.5. The van der Waals surface area contributed by atoms with Gasteiger partial charge in [-0.3, -0.25) is 4.79 Å². The lowest BCUT2D eigenvalue weighted by molar-refractivity contribution is -0.124. The van der Waals surface area contributed by atoms with Crippen LogP contribution in [0.5, 0.6) is 11.5 Å². The Morgan fingerprint density at radius 3 is 2.42 bits per heavy atom. The highest BCUT2D eigenvalue weighted by Gasteiger charge is 2.45. The molecule has 0 radical (unpaired) electrons. The lowest BCUT2D eigenvalue weighted by Gasteiger charge is -2.40. The quantitative estimate of drug-likeness (QED) is 0.872. The van der Waals surface area contributed by atoms with Gasteiger partial charge in [0.05, 0.1) is 19.6 Å². The summed E-state index contributed by atoms with van der Waals surface area (Å²) in [5.41, 5.74) is 1.16. The molecule has 4 nitrogen and oxygen atoms in total. The molecule has 0 spiro atoms. The van der Waals surface area contributed by atoms with Crippen LogP contribution in [0.3, 0.4) is 0 Å². The Morgan fingerprint density at radius 2 is 1.83 bits per heavy atom. The fourth-order valence-corrected chi connectivity index (χ4v) is 3.32. The van der Waals surface area contributed by atoms with Gasteiger partial charge in [-0.05, 0) is 42.7 Å². The van der Waals surface area contributed by atoms with Crippen molar-refractivity contribution in [3.63, 3.8) is 0 Å². The van der Waals surface area contributed by atoms with Crippen LogP contribution in [0.1, 0.15) is 24.8 Å². The number of hydrogen-bond donors (Lipinski definition) is 1. The van der Waals surface area contributed by atoms with Crippen molar-refractivity contribution >= 4 is 23.2 Å². The van der Waals surface area contributed by atoms with Crippen LogP contribution in [0.2, 0.25) is 5.02 Å². The van der Waals surface area contributed by atoms with E-state index in [-0.39, 0.29) is 5.91 Å². The molecule has 0 bridgehead atoms. The molecule has 1 amide bonds. The van der Waals surface area contributed by atoms with E-state index in [2.05, 4.69) is 5.32 Å². The molecule has 1 aliphatic carbocycles. The standard InChI is InChI=1S/C19H20ClNO3/c1-23-16-8-7-15(12-17(16)24-2)21-18(22)19(9-4-10-19)13-5-3-6-14(20)11-13/h3,5-8,11-12H,4,9-10H2,1-2H3,(H,21,22). The minimum atomic E-state index is -0.502. The average molecular weight is 346 g/mol. The van der Waals surface area contributed by atoms with Gasteiger partial charge in [-0.25, -0.2) is 0 Å². The number of benzene rings is 2. The third kappa shape index (κ3) is 2.94. The summed E-state index contributed by atoms with van der Waals surface area (Å²) in [6.07, 6.45) is 2.69. The molecule has 5 heteroatoms. The number of halogens is 1. The lowest BCUT2D eigenvalue weighted by atomic mass is 9.64. The number of carbonyl (C=O) groups is 1. The van der Waals surface area contributed by atoms with Crippen molar-refractivity contribution in [2.45, 2.75) is 24.7 Å². The maximum atomic E-state index is 13.0. The molecule has 0 atom stereocenters. The van der Waals surface area contributed by atoms with E-state index < -0.39 is 5.41 Å². The van der Waals surface area contributed by atoms with Gasteiger partial charge < -0.3 is 14.8 Å². The van der Waals surface area contributed by atoms with E-state index in [1.807, 2.05) is 30.3 Å². The van der Waals surface area contributed by atoms with Gasteiger partial charge in [0.1, 0.15) is 0 Å². The highest BCUT2D eigenvalue weighted by Crippen LogP contribution is 2.45. The summed E-state index contributed by atoms with van der Waals surface area (Å²) in [5.74, 6) is 1.20. The third-order valence-corrected chi connectivity index (χ3v) is 4.90. The van der Waals surface area contributed by atoms with Crippen molar-refractivity contribution in [3.8, 4) is 11.5 Å². The van der Waals surface area contributed by atoms with Gasteiger partial charge in [0.25, 0.3) is 0 Å². The van der Waals surface area contributed by atoms with Crippen molar-refractivity contribution in [1.29, 1.82) is 0 Å². The zero-order valence-electron chi connectivity index (χ0n) is 13.8. The van der Waals surface area contributed by atoms with Gasteiger partial charge in [-0.2, -0.15) is 0 Å². The molecule has 0 aliphatic heterocycles. The first-order chi connectivity index (χ1) is 11.6. The fourth-order valence-electron chi connectivity index (χ4n) is 3.13. The molecule has 0 saturated heterocycles. The molecule has 126 valence electrons. The lowest BCUT2D eigenvalue weighted by Crippen LogP contribution is -2.46. The van der Waals surface area contributed by atoms with Crippen LogP contribution in [0, 0.1) is 0 Å². The van der Waals surface area contributed by atoms with E-state index in [1.165, 1.54) is 0 Å². The minimum absolute atomic E-state index is 0.0109. The van der Waals surface area contributed by atoms with Crippen LogP contribution in [-0.2, 0) is 10.2 Å². The largest absolute Gasteiger partial charge is 0.493 e. The molecule has 0 aromatic heterocycles. The Hall–Kier alpha value is -2.20. The Kier molecular flexibility index (Phi) is 4.67. The first-order valence-corrected chi connectivity index (χ1v) is 8.26. The number of carbonyl (C=O) groups excluding carboxylic acids is 1. The monoisotopic (exact) mass is 345 g/mol. The van der Waals surface area contributed by atoms with Crippen LogP contribution >= 0.6 is 11.6 Å². The number of hydrogen-bond acceptors (Lipinski definition) is 3. The van der Waals surface area contributed by atoms with Gasteiger partial charge >= 0.3 is 0 Å². The van der Waals surface area contributed by atoms with Crippen LogP contribution in [-0.4, -0.2) is 20.1 Å². The number of amides is 1. The Bertz CT molecular complexity index is 756. The molecule has 1 saturated carbocycles. The predicted octanol–water partition coefficient (Wildman–Crippen LogP) is 4.42. The van der Waals surface area contributed by atoms with Crippen molar-refractivity contribution in [2.24, 2.45) is 0 Å². The maximum absolute atomic E-state index is 13.0. The fraction of sp³-hybridized carbons (Fsp3) is 0.316. The van der Waals surface area contributed by atoms with Gasteiger partial charge in [-0.1, -0.05) is 30.2 Å². The van der Waals surface area contributed by atoms with E-state index in [4.69, 9.17) is 21.1 Å². The van der Waals surface area contributed by atoms with Crippen LogP contribution in [0.15, 0.2) is 42.5 Å². The first-order valence-electron chi connectivity index (χ1n) is 7.88. The smallest absolute Gasteiger partial charge is 0.235 e. The first kappa shape index (κ1) is 16.7. The topological polar surface area (TPSA) is 47.6 Å². The van der Waals surface area contributed by atoms with Crippen molar-refractivity contribution in [1.82, 2.24) is 0 Å². The molecule has 0 heterocycles. The Labute approximate surface area is 146 Å². The number of ether oxygens (including phenoxy) is 2. The van der Waals surface area contributed by atoms with Crippen molar-refractivity contribution < 1.29 is 14.3 Å². The minimum Gasteiger partial charge on any atom is -0.493 e. The molecule has 2 aromatic rings. The molecular formula is C19H20ClNO3. The normalized spacial score (nSPS) is 15.3. The molecule has 2 aromatic carbocycles. The summed E-state index contributed by atoms with van der Waals surface area (Å²) in [4.78, 5) is 13.0. The number of anilines is 1. The zero-order chi connectivity index (χ0) is 17.2. The molecule has 1 aliphatic rings. The molecular weight excluding hydrogens is 326 g/mol. The second kappa shape index (κ2) is 6.73. The van der Waals surface area contributed by atoms with Crippen LogP contribution in [0.4, 0.5) is 5.69 Å². The Balaban J connectivity index is 1.86. The highest BCUT2D eigenvalue weighted by molar-refractivity contribution is 6.30. The summed E-state index contributed by atoms with van der Waals surface area (Å²) in [7, 11) is 3.15. The van der Waals surface area contributed by atoms with Gasteiger partial charge in [0.2, 0.25) is 5.91 Å².